The topological polar surface area (TPSA) is 109 Å². The Morgan fingerprint density at radius 2 is 2.00 bits per heavy atom. The van der Waals surface area contributed by atoms with Crippen LogP contribution in [0.5, 0.6) is 11.5 Å². The molecule has 1 aromatic carbocycles. The van der Waals surface area contributed by atoms with Crippen molar-refractivity contribution in [3.05, 3.63) is 18.2 Å². The van der Waals surface area contributed by atoms with Crippen LogP contribution in [0.15, 0.2) is 18.2 Å². The summed E-state index contributed by atoms with van der Waals surface area (Å²) >= 11 is 0. The molecule has 9 nitrogen and oxygen atoms in total. The highest BCUT2D eigenvalue weighted by molar-refractivity contribution is 5.95. The van der Waals surface area contributed by atoms with Crippen molar-refractivity contribution in [1.82, 2.24) is 10.2 Å². The normalized spacial score (nSPS) is 15.6. The standard InChI is InChI=1S/C19H29N3O6/c1-26-14-4-5-15(17(12-14)27-2)21-18(23)13-16(19(24)25)20-6-3-7-22-8-10-28-11-9-22/h4-5,12,16,20H,3,6-11,13H2,1-2H3,(H,21,23)(H,24,25)/t16-/m1/s1. The van der Waals surface area contributed by atoms with Crippen molar-refractivity contribution in [2.75, 3.05) is 58.9 Å². The van der Waals surface area contributed by atoms with Gasteiger partial charge in [0.2, 0.25) is 5.91 Å². The minimum Gasteiger partial charge on any atom is -0.497 e. The van der Waals surface area contributed by atoms with Crippen molar-refractivity contribution in [2.24, 2.45) is 0 Å². The minimum atomic E-state index is -1.05. The number of morpholine rings is 1. The number of aliphatic carboxylic acids is 1. The molecule has 1 saturated heterocycles. The molecule has 1 fully saturated rings. The highest BCUT2D eigenvalue weighted by atomic mass is 16.5. The molecule has 1 aliphatic rings. The van der Waals surface area contributed by atoms with Gasteiger partial charge in [0.1, 0.15) is 17.5 Å². The molecule has 0 bridgehead atoms. The minimum absolute atomic E-state index is 0.179. The molecular formula is C19H29N3O6. The van der Waals surface area contributed by atoms with E-state index in [0.717, 1.165) is 39.3 Å². The first-order chi connectivity index (χ1) is 13.5. The zero-order valence-corrected chi connectivity index (χ0v) is 16.4. The molecule has 1 atom stereocenters. The summed E-state index contributed by atoms with van der Waals surface area (Å²) in [7, 11) is 3.02. The Morgan fingerprint density at radius 3 is 2.64 bits per heavy atom. The van der Waals surface area contributed by atoms with Crippen LogP contribution in [0.3, 0.4) is 0 Å². The molecule has 1 heterocycles. The number of amides is 1. The van der Waals surface area contributed by atoms with E-state index in [0.29, 0.717) is 23.7 Å². The van der Waals surface area contributed by atoms with Crippen molar-refractivity contribution in [3.8, 4) is 11.5 Å². The monoisotopic (exact) mass is 395 g/mol. The van der Waals surface area contributed by atoms with Gasteiger partial charge >= 0.3 is 5.97 Å². The zero-order chi connectivity index (χ0) is 20.4. The molecule has 0 saturated carbocycles. The van der Waals surface area contributed by atoms with E-state index >= 15 is 0 Å². The van der Waals surface area contributed by atoms with Gasteiger partial charge in [-0.25, -0.2) is 0 Å². The summed E-state index contributed by atoms with van der Waals surface area (Å²) in [6.07, 6.45) is 0.625. The van der Waals surface area contributed by atoms with Gasteiger partial charge in [-0.05, 0) is 31.6 Å². The number of rotatable bonds is 11. The SMILES string of the molecule is COc1ccc(NC(=O)C[C@@H](NCCCN2CCOCC2)C(=O)O)c(OC)c1. The van der Waals surface area contributed by atoms with E-state index in [4.69, 9.17) is 14.2 Å². The fraction of sp³-hybridized carbons (Fsp3) is 0.579. The lowest BCUT2D eigenvalue weighted by molar-refractivity contribution is -0.141. The van der Waals surface area contributed by atoms with E-state index in [2.05, 4.69) is 15.5 Å². The van der Waals surface area contributed by atoms with Crippen LogP contribution in [0.25, 0.3) is 0 Å². The Balaban J connectivity index is 1.80. The molecule has 1 aliphatic heterocycles. The van der Waals surface area contributed by atoms with E-state index in [9.17, 15) is 14.7 Å². The maximum absolute atomic E-state index is 12.3. The van der Waals surface area contributed by atoms with Gasteiger partial charge in [-0.3, -0.25) is 14.5 Å². The van der Waals surface area contributed by atoms with E-state index < -0.39 is 17.9 Å². The van der Waals surface area contributed by atoms with Gasteiger partial charge in [-0.15, -0.1) is 0 Å². The van der Waals surface area contributed by atoms with Crippen LogP contribution in [0.2, 0.25) is 0 Å². The Bertz CT molecular complexity index is 649. The third-order valence-corrected chi connectivity index (χ3v) is 4.52. The molecule has 0 unspecified atom stereocenters. The number of hydrogen-bond acceptors (Lipinski definition) is 7. The van der Waals surface area contributed by atoms with Crippen LogP contribution in [0.4, 0.5) is 5.69 Å². The maximum Gasteiger partial charge on any atom is 0.321 e. The lowest BCUT2D eigenvalue weighted by Crippen LogP contribution is -2.42. The highest BCUT2D eigenvalue weighted by Crippen LogP contribution is 2.29. The molecule has 156 valence electrons. The van der Waals surface area contributed by atoms with E-state index in [-0.39, 0.29) is 6.42 Å². The molecular weight excluding hydrogens is 366 g/mol. The fourth-order valence-electron chi connectivity index (χ4n) is 2.94. The summed E-state index contributed by atoms with van der Waals surface area (Å²) in [6, 6.07) is 4.04. The number of carboxylic acids is 1. The van der Waals surface area contributed by atoms with Crippen molar-refractivity contribution in [3.63, 3.8) is 0 Å². The summed E-state index contributed by atoms with van der Waals surface area (Å²) in [5.41, 5.74) is 0.463. The van der Waals surface area contributed by atoms with Crippen LogP contribution in [-0.4, -0.2) is 81.5 Å². The second kappa shape index (κ2) is 11.5. The van der Waals surface area contributed by atoms with Crippen LogP contribution >= 0.6 is 0 Å². The number of methoxy groups -OCH3 is 2. The lowest BCUT2D eigenvalue weighted by Gasteiger charge is -2.26. The van der Waals surface area contributed by atoms with Gasteiger partial charge in [0.25, 0.3) is 0 Å². The van der Waals surface area contributed by atoms with Crippen LogP contribution in [-0.2, 0) is 14.3 Å². The number of nitrogens with zero attached hydrogens (tertiary/aromatic N) is 1. The molecule has 1 amide bonds. The number of carbonyl (C=O) groups is 2. The summed E-state index contributed by atoms with van der Waals surface area (Å²) in [5, 5.41) is 15.0. The first kappa shape index (κ1) is 21.9. The van der Waals surface area contributed by atoms with E-state index in [1.54, 1.807) is 18.2 Å². The summed E-state index contributed by atoms with van der Waals surface area (Å²) in [5.74, 6) is -0.419. The fourth-order valence-corrected chi connectivity index (χ4v) is 2.94. The molecule has 0 radical (unpaired) electrons. The summed E-state index contributed by atoms with van der Waals surface area (Å²) in [4.78, 5) is 26.1. The highest BCUT2D eigenvalue weighted by Gasteiger charge is 2.21. The summed E-state index contributed by atoms with van der Waals surface area (Å²) in [6.45, 7) is 4.66. The number of ether oxygens (including phenoxy) is 3. The number of carboxylic acid groups (broad SMARTS) is 1. The molecule has 1 aromatic rings. The first-order valence-electron chi connectivity index (χ1n) is 9.31. The van der Waals surface area contributed by atoms with Gasteiger partial charge in [0.15, 0.2) is 0 Å². The molecule has 0 aromatic heterocycles. The molecule has 0 aliphatic carbocycles. The predicted molar refractivity (Wildman–Crippen MR) is 104 cm³/mol. The smallest absolute Gasteiger partial charge is 0.321 e. The lowest BCUT2D eigenvalue weighted by atomic mass is 10.2. The average Bonchev–Trinajstić information content (AvgIpc) is 2.71. The van der Waals surface area contributed by atoms with Crippen LogP contribution in [0, 0.1) is 0 Å². The Morgan fingerprint density at radius 1 is 1.25 bits per heavy atom. The maximum atomic E-state index is 12.3. The third-order valence-electron chi connectivity index (χ3n) is 4.52. The van der Waals surface area contributed by atoms with Crippen molar-refractivity contribution < 1.29 is 28.9 Å². The van der Waals surface area contributed by atoms with Gasteiger partial charge in [-0.2, -0.15) is 0 Å². The van der Waals surface area contributed by atoms with Gasteiger partial charge in [-0.1, -0.05) is 0 Å². The predicted octanol–water partition coefficient (Wildman–Crippen LogP) is 0.798. The van der Waals surface area contributed by atoms with Crippen molar-refractivity contribution in [1.29, 1.82) is 0 Å². The van der Waals surface area contributed by atoms with Gasteiger partial charge in [0.05, 0.1) is 39.5 Å². The quantitative estimate of drug-likeness (QED) is 0.472. The van der Waals surface area contributed by atoms with Crippen LogP contribution < -0.4 is 20.1 Å². The molecule has 28 heavy (non-hydrogen) atoms. The number of benzene rings is 1. The zero-order valence-electron chi connectivity index (χ0n) is 16.4. The molecule has 3 N–H and O–H groups in total. The number of anilines is 1. The molecule has 9 heteroatoms. The van der Waals surface area contributed by atoms with Gasteiger partial charge in [0, 0.05) is 19.2 Å². The largest absolute Gasteiger partial charge is 0.497 e. The molecule has 0 spiro atoms. The van der Waals surface area contributed by atoms with Crippen molar-refractivity contribution >= 4 is 17.6 Å². The van der Waals surface area contributed by atoms with Crippen molar-refractivity contribution in [2.45, 2.75) is 18.9 Å². The third kappa shape index (κ3) is 6.99. The number of carbonyl (C=O) groups excluding carboxylic acids is 1. The average molecular weight is 395 g/mol. The Kier molecular flexibility index (Phi) is 8.99. The second-order valence-electron chi connectivity index (χ2n) is 6.47. The molecule has 2 rings (SSSR count). The second-order valence-corrected chi connectivity index (χ2v) is 6.47. The van der Waals surface area contributed by atoms with Crippen LogP contribution in [0.1, 0.15) is 12.8 Å². The van der Waals surface area contributed by atoms with E-state index in [1.165, 1.54) is 14.2 Å². The Hall–Kier alpha value is -2.36. The Labute approximate surface area is 164 Å². The van der Waals surface area contributed by atoms with E-state index in [1.807, 2.05) is 0 Å². The first-order valence-corrected chi connectivity index (χ1v) is 9.31. The summed E-state index contributed by atoms with van der Waals surface area (Å²) < 4.78 is 15.7. The number of nitrogens with one attached hydrogen (secondary N) is 2. The van der Waals surface area contributed by atoms with Gasteiger partial charge < -0.3 is 30.0 Å². The number of hydrogen-bond donors (Lipinski definition) is 3.